The fourth-order valence-corrected chi connectivity index (χ4v) is 4.51. The number of benzene rings is 1. The number of urea groups is 1. The predicted octanol–water partition coefficient (Wildman–Crippen LogP) is 3.59. The zero-order valence-corrected chi connectivity index (χ0v) is 19.5. The van der Waals surface area contributed by atoms with Crippen molar-refractivity contribution in [2.45, 2.75) is 45.8 Å². The van der Waals surface area contributed by atoms with Gasteiger partial charge in [0.25, 0.3) is 0 Å². The molecule has 182 valence electrons. The minimum atomic E-state index is -1.03. The molecule has 34 heavy (non-hydrogen) atoms. The normalized spacial score (nSPS) is 19.6. The lowest BCUT2D eigenvalue weighted by molar-refractivity contribution is 0.0981. The monoisotopic (exact) mass is 472 g/mol. The van der Waals surface area contributed by atoms with Crippen LogP contribution < -0.4 is 15.5 Å². The number of carbonyl (C=O) groups excluding carboxylic acids is 1. The molecule has 1 saturated heterocycles. The van der Waals surface area contributed by atoms with E-state index in [1.165, 1.54) is 17.0 Å². The molecule has 0 aliphatic carbocycles. The third kappa shape index (κ3) is 4.47. The van der Waals surface area contributed by atoms with E-state index < -0.39 is 17.9 Å². The number of fused-ring (bicyclic) bond motifs is 1. The van der Waals surface area contributed by atoms with Crippen molar-refractivity contribution in [2.75, 3.05) is 36.5 Å². The van der Waals surface area contributed by atoms with Crippen molar-refractivity contribution in [2.24, 2.45) is 0 Å². The van der Waals surface area contributed by atoms with Crippen LogP contribution >= 0.6 is 0 Å². The van der Waals surface area contributed by atoms with Crippen LogP contribution in [-0.2, 0) is 11.3 Å². The van der Waals surface area contributed by atoms with Crippen molar-refractivity contribution in [1.29, 1.82) is 0 Å². The summed E-state index contributed by atoms with van der Waals surface area (Å²) in [5, 5.41) is 14.9. The van der Waals surface area contributed by atoms with Crippen LogP contribution in [0.5, 0.6) is 0 Å². The first kappa shape index (κ1) is 23.7. The third-order valence-corrected chi connectivity index (χ3v) is 6.11. The molecule has 2 aromatic rings. The first-order valence-corrected chi connectivity index (χ1v) is 11.4. The van der Waals surface area contributed by atoms with Gasteiger partial charge in [-0.05, 0) is 38.5 Å². The number of halogens is 1. The average Bonchev–Trinajstić information content (AvgIpc) is 3.18. The van der Waals surface area contributed by atoms with Gasteiger partial charge in [0.05, 0.1) is 43.1 Å². The highest BCUT2D eigenvalue weighted by Gasteiger charge is 2.39. The first-order valence-electron chi connectivity index (χ1n) is 11.4. The Balaban J connectivity index is 1.78. The summed E-state index contributed by atoms with van der Waals surface area (Å²) >= 11 is 0. The molecule has 1 aromatic heterocycles. The molecule has 11 heteroatoms. The van der Waals surface area contributed by atoms with Gasteiger partial charge in [-0.2, -0.15) is 0 Å². The Kier molecular flexibility index (Phi) is 6.82. The quantitative estimate of drug-likeness (QED) is 0.608. The van der Waals surface area contributed by atoms with E-state index in [4.69, 9.17) is 9.72 Å². The number of nitrogens with zero attached hydrogens (tertiary/aromatic N) is 4. The predicted molar refractivity (Wildman–Crippen MR) is 124 cm³/mol. The highest BCUT2D eigenvalue weighted by molar-refractivity contribution is 5.89. The molecule has 10 nitrogen and oxygen atoms in total. The van der Waals surface area contributed by atoms with Crippen molar-refractivity contribution in [3.8, 4) is 11.4 Å². The molecule has 1 aromatic carbocycles. The molecular formula is C23H29FN6O4. The number of hydrogen-bond acceptors (Lipinski definition) is 6. The number of carbonyl (C=O) groups is 2. The molecule has 3 N–H and O–H groups in total. The zero-order chi connectivity index (χ0) is 24.4. The summed E-state index contributed by atoms with van der Waals surface area (Å²) in [5.41, 5.74) is 1.83. The molecule has 0 bridgehead atoms. The minimum Gasteiger partial charge on any atom is -0.465 e. The van der Waals surface area contributed by atoms with E-state index in [1.807, 2.05) is 13.8 Å². The Hall–Kier alpha value is -3.47. The number of amides is 3. The summed E-state index contributed by atoms with van der Waals surface area (Å²) in [5.74, 6) is 0.210. The van der Waals surface area contributed by atoms with Gasteiger partial charge in [-0.25, -0.2) is 23.9 Å². The van der Waals surface area contributed by atoms with Crippen LogP contribution in [0.2, 0.25) is 0 Å². The second-order valence-electron chi connectivity index (χ2n) is 8.36. The van der Waals surface area contributed by atoms with Crippen LogP contribution in [0.3, 0.4) is 0 Å². The van der Waals surface area contributed by atoms with E-state index >= 15 is 4.39 Å². The van der Waals surface area contributed by atoms with Crippen LogP contribution in [0.25, 0.3) is 11.4 Å². The Morgan fingerprint density at radius 1 is 1.29 bits per heavy atom. The number of morpholine rings is 1. The Bertz CT molecular complexity index is 1100. The maximum atomic E-state index is 15.1. The molecule has 2 aliphatic heterocycles. The van der Waals surface area contributed by atoms with Crippen molar-refractivity contribution in [1.82, 2.24) is 20.2 Å². The van der Waals surface area contributed by atoms with Crippen LogP contribution in [0.1, 0.15) is 44.5 Å². The molecule has 0 spiro atoms. The Morgan fingerprint density at radius 2 is 2.09 bits per heavy atom. The molecule has 3 amide bonds. The highest BCUT2D eigenvalue weighted by atomic mass is 19.1. The SMILES string of the molecule is CCNC(=O)Nc1ccc(-c2nc3c(c(N4CCOCC4C)n2)[C@H](CC)N(C(=O)O)C3)c(F)c1. The summed E-state index contributed by atoms with van der Waals surface area (Å²) in [4.78, 5) is 36.5. The second-order valence-corrected chi connectivity index (χ2v) is 8.36. The molecule has 0 saturated carbocycles. The smallest absolute Gasteiger partial charge is 0.408 e. The van der Waals surface area contributed by atoms with Gasteiger partial charge in [0.1, 0.15) is 11.6 Å². The minimum absolute atomic E-state index is 0.0190. The van der Waals surface area contributed by atoms with E-state index in [0.717, 1.165) is 5.56 Å². The summed E-state index contributed by atoms with van der Waals surface area (Å²) in [7, 11) is 0. The summed E-state index contributed by atoms with van der Waals surface area (Å²) in [6, 6.07) is 3.54. The van der Waals surface area contributed by atoms with E-state index in [-0.39, 0.29) is 30.0 Å². The van der Waals surface area contributed by atoms with Crippen LogP contribution in [0, 0.1) is 5.82 Å². The van der Waals surface area contributed by atoms with E-state index in [1.54, 1.807) is 13.0 Å². The van der Waals surface area contributed by atoms with Crippen molar-refractivity contribution in [3.63, 3.8) is 0 Å². The standard InChI is InChI=1S/C23H29FN6O4/c1-4-18-19-17(11-30(18)23(32)33)27-20(28-21(19)29-8-9-34-12-13(29)3)15-7-6-14(10-16(15)24)26-22(31)25-5-2/h6-7,10,13,18H,4-5,8-9,11-12H2,1-3H3,(H,32,33)(H2,25,26,31)/t13?,18-/m0/s1. The maximum absolute atomic E-state index is 15.1. The summed E-state index contributed by atoms with van der Waals surface area (Å²) in [6.45, 7) is 7.92. The molecule has 2 atom stereocenters. The number of hydrogen-bond donors (Lipinski definition) is 3. The highest BCUT2D eigenvalue weighted by Crippen LogP contribution is 2.42. The number of aromatic nitrogens is 2. The molecule has 2 aliphatic rings. The molecule has 3 heterocycles. The lowest BCUT2D eigenvalue weighted by Gasteiger charge is -2.36. The largest absolute Gasteiger partial charge is 0.465 e. The van der Waals surface area contributed by atoms with Gasteiger partial charge in [0.15, 0.2) is 5.82 Å². The van der Waals surface area contributed by atoms with Crippen molar-refractivity contribution in [3.05, 3.63) is 35.3 Å². The van der Waals surface area contributed by atoms with Gasteiger partial charge in [-0.3, -0.25) is 4.90 Å². The van der Waals surface area contributed by atoms with Gasteiger partial charge in [0.2, 0.25) is 0 Å². The van der Waals surface area contributed by atoms with Gasteiger partial charge in [0, 0.05) is 24.3 Å². The number of nitrogens with one attached hydrogen (secondary N) is 2. The van der Waals surface area contributed by atoms with Crippen LogP contribution in [0.4, 0.5) is 25.5 Å². The number of rotatable bonds is 5. The zero-order valence-electron chi connectivity index (χ0n) is 19.5. The fourth-order valence-electron chi connectivity index (χ4n) is 4.51. The molecule has 4 rings (SSSR count). The number of carboxylic acid groups (broad SMARTS) is 1. The lowest BCUT2D eigenvalue weighted by Crippen LogP contribution is -2.45. The first-order chi connectivity index (χ1) is 16.3. The van der Waals surface area contributed by atoms with E-state index in [0.29, 0.717) is 49.9 Å². The van der Waals surface area contributed by atoms with Gasteiger partial charge in [-0.1, -0.05) is 6.92 Å². The fraction of sp³-hybridized carbons (Fsp3) is 0.478. The van der Waals surface area contributed by atoms with E-state index in [9.17, 15) is 14.7 Å². The maximum Gasteiger partial charge on any atom is 0.408 e. The molecular weight excluding hydrogens is 443 g/mol. The number of anilines is 2. The number of ether oxygens (including phenoxy) is 1. The van der Waals surface area contributed by atoms with Crippen molar-refractivity contribution < 1.29 is 23.8 Å². The van der Waals surface area contributed by atoms with E-state index in [2.05, 4.69) is 20.5 Å². The average molecular weight is 473 g/mol. The van der Waals surface area contributed by atoms with Crippen LogP contribution in [0.15, 0.2) is 18.2 Å². The summed E-state index contributed by atoms with van der Waals surface area (Å²) < 4.78 is 20.7. The van der Waals surface area contributed by atoms with Crippen molar-refractivity contribution >= 4 is 23.6 Å². The van der Waals surface area contributed by atoms with Gasteiger partial charge >= 0.3 is 12.1 Å². The lowest BCUT2D eigenvalue weighted by atomic mass is 10.0. The molecule has 0 radical (unpaired) electrons. The van der Waals surface area contributed by atoms with Gasteiger partial charge in [-0.15, -0.1) is 0 Å². The molecule has 1 fully saturated rings. The molecule has 1 unspecified atom stereocenters. The second kappa shape index (κ2) is 9.80. The Labute approximate surface area is 197 Å². The van der Waals surface area contributed by atoms with Gasteiger partial charge < -0.3 is 25.4 Å². The summed E-state index contributed by atoms with van der Waals surface area (Å²) in [6.07, 6.45) is -0.457. The van der Waals surface area contributed by atoms with Crippen LogP contribution in [-0.4, -0.2) is 64.4 Å². The topological polar surface area (TPSA) is 120 Å². The Morgan fingerprint density at radius 3 is 2.74 bits per heavy atom. The third-order valence-electron chi connectivity index (χ3n) is 6.11.